The molecule has 2 heterocycles. The van der Waals surface area contributed by atoms with Gasteiger partial charge in [0.25, 0.3) is 0 Å². The molecule has 1 saturated heterocycles. The van der Waals surface area contributed by atoms with Gasteiger partial charge in [-0.2, -0.15) is 0 Å². The normalized spacial score (nSPS) is 18.3. The van der Waals surface area contributed by atoms with E-state index in [1.54, 1.807) is 4.90 Å². The SMILES string of the molecule is Cc1cccc2c(CCC(=O)N3CCC[C@H](C(=O)O)C3)c[nH]c12. The third-order valence-electron chi connectivity index (χ3n) is 4.74. The van der Waals surface area contributed by atoms with Crippen LogP contribution in [0.1, 0.15) is 30.4 Å². The zero-order valence-corrected chi connectivity index (χ0v) is 13.3. The van der Waals surface area contributed by atoms with Crippen LogP contribution in [-0.4, -0.2) is 40.0 Å². The molecule has 0 saturated carbocycles. The number of aliphatic carboxylic acids is 1. The number of carboxylic acids is 1. The van der Waals surface area contributed by atoms with Crippen LogP contribution >= 0.6 is 0 Å². The number of aryl methyl sites for hydroxylation is 2. The summed E-state index contributed by atoms with van der Waals surface area (Å²) in [6.07, 6.45) is 4.51. The van der Waals surface area contributed by atoms with Gasteiger partial charge in [0.1, 0.15) is 0 Å². The van der Waals surface area contributed by atoms with Crippen molar-refractivity contribution in [3.05, 3.63) is 35.5 Å². The van der Waals surface area contributed by atoms with Crippen molar-refractivity contribution >= 4 is 22.8 Å². The Hall–Kier alpha value is -2.30. The lowest BCUT2D eigenvalue weighted by Gasteiger charge is -2.30. The predicted octanol–water partition coefficient (Wildman–Crippen LogP) is 2.73. The van der Waals surface area contributed by atoms with Crippen LogP contribution < -0.4 is 0 Å². The van der Waals surface area contributed by atoms with Gasteiger partial charge in [-0.3, -0.25) is 9.59 Å². The van der Waals surface area contributed by atoms with Gasteiger partial charge in [0.05, 0.1) is 5.92 Å². The summed E-state index contributed by atoms with van der Waals surface area (Å²) in [4.78, 5) is 28.5. The quantitative estimate of drug-likeness (QED) is 0.911. The highest BCUT2D eigenvalue weighted by Crippen LogP contribution is 2.23. The predicted molar refractivity (Wildman–Crippen MR) is 88.3 cm³/mol. The number of benzene rings is 1. The number of aromatic amines is 1. The number of rotatable bonds is 4. The molecule has 0 radical (unpaired) electrons. The highest BCUT2D eigenvalue weighted by atomic mass is 16.4. The number of fused-ring (bicyclic) bond motifs is 1. The Kier molecular flexibility index (Phi) is 4.37. The van der Waals surface area contributed by atoms with E-state index in [4.69, 9.17) is 5.11 Å². The molecule has 1 fully saturated rings. The fourth-order valence-electron chi connectivity index (χ4n) is 3.38. The first-order valence-electron chi connectivity index (χ1n) is 8.12. The minimum Gasteiger partial charge on any atom is -0.481 e. The Labute approximate surface area is 135 Å². The van der Waals surface area contributed by atoms with Crippen LogP contribution in [0.3, 0.4) is 0 Å². The highest BCUT2D eigenvalue weighted by Gasteiger charge is 2.27. The van der Waals surface area contributed by atoms with E-state index in [1.165, 1.54) is 10.9 Å². The summed E-state index contributed by atoms with van der Waals surface area (Å²) in [6, 6.07) is 6.16. The Morgan fingerprint density at radius 3 is 3.00 bits per heavy atom. The van der Waals surface area contributed by atoms with Gasteiger partial charge in [-0.25, -0.2) is 0 Å². The Balaban J connectivity index is 1.64. The monoisotopic (exact) mass is 314 g/mol. The van der Waals surface area contributed by atoms with E-state index in [-0.39, 0.29) is 5.91 Å². The van der Waals surface area contributed by atoms with Gasteiger partial charge in [-0.05, 0) is 37.3 Å². The number of H-pyrrole nitrogens is 1. The van der Waals surface area contributed by atoms with Gasteiger partial charge in [-0.1, -0.05) is 18.2 Å². The van der Waals surface area contributed by atoms with Crippen LogP contribution in [0.2, 0.25) is 0 Å². The smallest absolute Gasteiger partial charge is 0.308 e. The minimum absolute atomic E-state index is 0.0537. The number of nitrogens with zero attached hydrogens (tertiary/aromatic N) is 1. The van der Waals surface area contributed by atoms with E-state index >= 15 is 0 Å². The summed E-state index contributed by atoms with van der Waals surface area (Å²) in [5.41, 5.74) is 3.46. The molecule has 1 aromatic heterocycles. The molecule has 0 unspecified atom stereocenters. The molecule has 0 spiro atoms. The van der Waals surface area contributed by atoms with Crippen LogP contribution in [0.15, 0.2) is 24.4 Å². The maximum atomic E-state index is 12.4. The fourth-order valence-corrected chi connectivity index (χ4v) is 3.38. The molecule has 1 aromatic carbocycles. The van der Waals surface area contributed by atoms with Gasteiger partial charge in [0.15, 0.2) is 0 Å². The van der Waals surface area contributed by atoms with Gasteiger partial charge < -0.3 is 15.0 Å². The van der Waals surface area contributed by atoms with E-state index in [1.807, 2.05) is 12.3 Å². The molecule has 23 heavy (non-hydrogen) atoms. The van der Waals surface area contributed by atoms with Crippen molar-refractivity contribution in [3.8, 4) is 0 Å². The first-order chi connectivity index (χ1) is 11.1. The number of carbonyl (C=O) groups excluding carboxylic acids is 1. The van der Waals surface area contributed by atoms with Crippen LogP contribution in [0, 0.1) is 12.8 Å². The van der Waals surface area contributed by atoms with E-state index in [0.29, 0.717) is 32.4 Å². The molecule has 3 rings (SSSR count). The maximum Gasteiger partial charge on any atom is 0.308 e. The molecule has 2 N–H and O–H groups in total. The molecular formula is C18H22N2O3. The van der Waals surface area contributed by atoms with Gasteiger partial charge in [-0.15, -0.1) is 0 Å². The van der Waals surface area contributed by atoms with E-state index in [0.717, 1.165) is 17.5 Å². The number of carboxylic acid groups (broad SMARTS) is 1. The second-order valence-corrected chi connectivity index (χ2v) is 6.33. The molecule has 5 heteroatoms. The Morgan fingerprint density at radius 2 is 2.22 bits per heavy atom. The number of piperidine rings is 1. The summed E-state index contributed by atoms with van der Waals surface area (Å²) >= 11 is 0. The number of aromatic nitrogens is 1. The van der Waals surface area contributed by atoms with Gasteiger partial charge in [0.2, 0.25) is 5.91 Å². The average molecular weight is 314 g/mol. The van der Waals surface area contributed by atoms with Crippen molar-refractivity contribution in [3.63, 3.8) is 0 Å². The van der Waals surface area contributed by atoms with Crippen molar-refractivity contribution in [2.75, 3.05) is 13.1 Å². The maximum absolute atomic E-state index is 12.4. The number of amides is 1. The molecule has 5 nitrogen and oxygen atoms in total. The number of para-hydroxylation sites is 1. The third-order valence-corrected chi connectivity index (χ3v) is 4.74. The number of likely N-dealkylation sites (tertiary alicyclic amines) is 1. The molecule has 0 bridgehead atoms. The molecule has 1 atom stereocenters. The average Bonchev–Trinajstić information content (AvgIpc) is 2.97. The topological polar surface area (TPSA) is 73.4 Å². The molecule has 1 aliphatic rings. The van der Waals surface area contributed by atoms with E-state index < -0.39 is 11.9 Å². The lowest BCUT2D eigenvalue weighted by Crippen LogP contribution is -2.42. The molecule has 1 amide bonds. The zero-order valence-electron chi connectivity index (χ0n) is 13.3. The summed E-state index contributed by atoms with van der Waals surface area (Å²) in [5.74, 6) is -1.16. The van der Waals surface area contributed by atoms with Crippen molar-refractivity contribution < 1.29 is 14.7 Å². The lowest BCUT2D eigenvalue weighted by atomic mass is 9.97. The number of hydrogen-bond donors (Lipinski definition) is 2. The first kappa shape index (κ1) is 15.6. The van der Waals surface area contributed by atoms with Crippen LogP contribution in [0.25, 0.3) is 10.9 Å². The molecular weight excluding hydrogens is 292 g/mol. The molecule has 2 aromatic rings. The molecule has 1 aliphatic heterocycles. The second-order valence-electron chi connectivity index (χ2n) is 6.33. The van der Waals surface area contributed by atoms with Crippen molar-refractivity contribution in [1.82, 2.24) is 9.88 Å². The van der Waals surface area contributed by atoms with E-state index in [9.17, 15) is 9.59 Å². The standard InChI is InChI=1S/C18H22N2O3/c1-12-4-2-6-15-13(10-19-17(12)15)7-8-16(21)20-9-3-5-14(11-20)18(22)23/h2,4,6,10,14,19H,3,5,7-9,11H2,1H3,(H,22,23)/t14-/m0/s1. The summed E-state index contributed by atoms with van der Waals surface area (Å²) in [7, 11) is 0. The van der Waals surface area contributed by atoms with Crippen LogP contribution in [0.4, 0.5) is 0 Å². The van der Waals surface area contributed by atoms with Gasteiger partial charge in [0, 0.05) is 36.6 Å². The largest absolute Gasteiger partial charge is 0.481 e. The number of carbonyl (C=O) groups is 2. The summed E-state index contributed by atoms with van der Waals surface area (Å²) in [6.45, 7) is 3.09. The molecule has 0 aliphatic carbocycles. The first-order valence-corrected chi connectivity index (χ1v) is 8.12. The van der Waals surface area contributed by atoms with Gasteiger partial charge >= 0.3 is 5.97 Å². The third kappa shape index (κ3) is 3.23. The zero-order chi connectivity index (χ0) is 16.4. The number of nitrogens with one attached hydrogen (secondary N) is 1. The van der Waals surface area contributed by atoms with Crippen molar-refractivity contribution in [1.29, 1.82) is 0 Å². The van der Waals surface area contributed by atoms with E-state index in [2.05, 4.69) is 24.0 Å². The van der Waals surface area contributed by atoms with Crippen molar-refractivity contribution in [2.24, 2.45) is 5.92 Å². The van der Waals surface area contributed by atoms with Crippen molar-refractivity contribution in [2.45, 2.75) is 32.6 Å². The highest BCUT2D eigenvalue weighted by molar-refractivity contribution is 5.86. The lowest BCUT2D eigenvalue weighted by molar-refractivity contribution is -0.145. The van der Waals surface area contributed by atoms with Crippen LogP contribution in [-0.2, 0) is 16.0 Å². The minimum atomic E-state index is -0.797. The number of hydrogen-bond acceptors (Lipinski definition) is 2. The second kappa shape index (κ2) is 6.44. The Morgan fingerprint density at radius 1 is 1.39 bits per heavy atom. The molecule has 122 valence electrons. The van der Waals surface area contributed by atoms with Crippen LogP contribution in [0.5, 0.6) is 0 Å². The Bertz CT molecular complexity index is 735. The summed E-state index contributed by atoms with van der Waals surface area (Å²) in [5, 5.41) is 10.3. The fraction of sp³-hybridized carbons (Fsp3) is 0.444. The summed E-state index contributed by atoms with van der Waals surface area (Å²) < 4.78 is 0.